The SMILES string of the molecule is CC1Cn2cc(-c3ccc([N+](=O)[O-])cc3)nc2S1. The van der Waals surface area contributed by atoms with Crippen molar-refractivity contribution in [2.24, 2.45) is 0 Å². The molecule has 0 saturated carbocycles. The summed E-state index contributed by atoms with van der Waals surface area (Å²) in [6, 6.07) is 6.50. The predicted molar refractivity (Wildman–Crippen MR) is 69.6 cm³/mol. The summed E-state index contributed by atoms with van der Waals surface area (Å²) in [6.07, 6.45) is 2.01. The second kappa shape index (κ2) is 4.13. The number of hydrogen-bond donors (Lipinski definition) is 0. The minimum Gasteiger partial charge on any atom is -0.324 e. The molecule has 1 aromatic heterocycles. The summed E-state index contributed by atoms with van der Waals surface area (Å²) in [6.45, 7) is 3.14. The standard InChI is InChI=1S/C12H11N3O2S/c1-8-6-14-7-11(13-12(14)18-8)9-2-4-10(5-3-9)15(16)17/h2-5,7-8H,6H2,1H3. The summed E-state index contributed by atoms with van der Waals surface area (Å²) in [7, 11) is 0. The number of rotatable bonds is 2. The van der Waals surface area contributed by atoms with Gasteiger partial charge < -0.3 is 4.57 Å². The van der Waals surface area contributed by atoms with E-state index >= 15 is 0 Å². The largest absolute Gasteiger partial charge is 0.324 e. The Kier molecular flexibility index (Phi) is 2.59. The number of thioether (sulfide) groups is 1. The van der Waals surface area contributed by atoms with Crippen molar-refractivity contribution < 1.29 is 4.92 Å². The van der Waals surface area contributed by atoms with Crippen LogP contribution in [0.3, 0.4) is 0 Å². The van der Waals surface area contributed by atoms with Crippen LogP contribution in [0.1, 0.15) is 6.92 Å². The number of imidazole rings is 1. The maximum atomic E-state index is 10.6. The van der Waals surface area contributed by atoms with Crippen molar-refractivity contribution in [2.45, 2.75) is 23.9 Å². The zero-order valence-electron chi connectivity index (χ0n) is 9.74. The Morgan fingerprint density at radius 2 is 2.17 bits per heavy atom. The second-order valence-electron chi connectivity index (χ2n) is 4.29. The van der Waals surface area contributed by atoms with Crippen LogP contribution < -0.4 is 0 Å². The first-order chi connectivity index (χ1) is 8.63. The number of nitro benzene ring substituents is 1. The lowest BCUT2D eigenvalue weighted by atomic mass is 10.1. The summed E-state index contributed by atoms with van der Waals surface area (Å²) in [5.41, 5.74) is 1.89. The van der Waals surface area contributed by atoms with Crippen molar-refractivity contribution >= 4 is 17.4 Å². The number of nitro groups is 1. The number of fused-ring (bicyclic) bond motifs is 1. The third-order valence-electron chi connectivity index (χ3n) is 2.87. The lowest BCUT2D eigenvalue weighted by molar-refractivity contribution is -0.384. The number of nitrogens with zero attached hydrogens (tertiary/aromatic N) is 3. The van der Waals surface area contributed by atoms with Gasteiger partial charge in [0.25, 0.3) is 5.69 Å². The zero-order valence-corrected chi connectivity index (χ0v) is 10.6. The highest BCUT2D eigenvalue weighted by Crippen LogP contribution is 2.33. The molecule has 0 radical (unpaired) electrons. The third kappa shape index (κ3) is 1.88. The molecule has 18 heavy (non-hydrogen) atoms. The fourth-order valence-corrected chi connectivity index (χ4v) is 3.02. The van der Waals surface area contributed by atoms with E-state index in [1.807, 2.05) is 6.20 Å². The first-order valence-corrected chi connectivity index (χ1v) is 6.50. The fraction of sp³-hybridized carbons (Fsp3) is 0.250. The Morgan fingerprint density at radius 1 is 1.44 bits per heavy atom. The minimum absolute atomic E-state index is 0.105. The summed E-state index contributed by atoms with van der Waals surface area (Å²) >= 11 is 1.76. The first-order valence-electron chi connectivity index (χ1n) is 5.62. The van der Waals surface area contributed by atoms with Crippen LogP contribution in [0.4, 0.5) is 5.69 Å². The molecule has 0 aliphatic carbocycles. The normalized spacial score (nSPS) is 17.7. The van der Waals surface area contributed by atoms with Crippen LogP contribution in [-0.2, 0) is 6.54 Å². The monoisotopic (exact) mass is 261 g/mol. The van der Waals surface area contributed by atoms with Gasteiger partial charge in [-0.25, -0.2) is 4.98 Å². The lowest BCUT2D eigenvalue weighted by Crippen LogP contribution is -1.98. The van der Waals surface area contributed by atoms with E-state index in [-0.39, 0.29) is 5.69 Å². The predicted octanol–water partition coefficient (Wildman–Crippen LogP) is 2.95. The lowest BCUT2D eigenvalue weighted by Gasteiger charge is -1.99. The van der Waals surface area contributed by atoms with E-state index in [9.17, 15) is 10.1 Å². The second-order valence-corrected chi connectivity index (χ2v) is 5.70. The van der Waals surface area contributed by atoms with E-state index in [4.69, 9.17) is 0 Å². The van der Waals surface area contributed by atoms with E-state index in [1.54, 1.807) is 23.9 Å². The molecular weight excluding hydrogens is 250 g/mol. The van der Waals surface area contributed by atoms with E-state index in [0.29, 0.717) is 5.25 Å². The molecule has 0 amide bonds. The van der Waals surface area contributed by atoms with Crippen LogP contribution in [0.2, 0.25) is 0 Å². The molecule has 2 heterocycles. The Hall–Kier alpha value is -1.82. The Balaban J connectivity index is 1.91. The van der Waals surface area contributed by atoms with Gasteiger partial charge in [0.1, 0.15) is 0 Å². The van der Waals surface area contributed by atoms with Gasteiger partial charge in [-0.05, 0) is 12.1 Å². The van der Waals surface area contributed by atoms with E-state index in [0.717, 1.165) is 23.0 Å². The summed E-state index contributed by atoms with van der Waals surface area (Å²) in [5, 5.41) is 12.2. The van der Waals surface area contributed by atoms with Crippen molar-refractivity contribution in [3.05, 3.63) is 40.6 Å². The molecule has 92 valence electrons. The maximum Gasteiger partial charge on any atom is 0.269 e. The molecule has 1 aromatic carbocycles. The summed E-state index contributed by atoms with van der Waals surface area (Å²) in [5.74, 6) is 0. The first kappa shape index (κ1) is 11.3. The molecule has 1 aliphatic heterocycles. The van der Waals surface area contributed by atoms with Crippen molar-refractivity contribution in [1.29, 1.82) is 0 Å². The van der Waals surface area contributed by atoms with Gasteiger partial charge in [-0.15, -0.1) is 0 Å². The van der Waals surface area contributed by atoms with Gasteiger partial charge >= 0.3 is 0 Å². The highest BCUT2D eigenvalue weighted by atomic mass is 32.2. The van der Waals surface area contributed by atoms with E-state index in [2.05, 4.69) is 16.5 Å². The number of benzene rings is 1. The zero-order chi connectivity index (χ0) is 12.7. The molecule has 2 aromatic rings. The van der Waals surface area contributed by atoms with Gasteiger partial charge in [0.05, 0.1) is 10.6 Å². The Bertz CT molecular complexity index is 583. The van der Waals surface area contributed by atoms with Crippen molar-refractivity contribution in [3.63, 3.8) is 0 Å². The Labute approximate surface area is 108 Å². The van der Waals surface area contributed by atoms with Gasteiger partial charge in [0.15, 0.2) is 5.16 Å². The molecule has 0 spiro atoms. The van der Waals surface area contributed by atoms with Crippen LogP contribution in [0, 0.1) is 10.1 Å². The fourth-order valence-electron chi connectivity index (χ4n) is 2.01. The summed E-state index contributed by atoms with van der Waals surface area (Å²) < 4.78 is 2.13. The molecule has 6 heteroatoms. The molecule has 1 unspecified atom stereocenters. The highest BCUT2D eigenvalue weighted by molar-refractivity contribution is 7.99. The van der Waals surface area contributed by atoms with Crippen molar-refractivity contribution in [3.8, 4) is 11.3 Å². The summed E-state index contributed by atoms with van der Waals surface area (Å²) in [4.78, 5) is 14.7. The van der Waals surface area contributed by atoms with Crippen molar-refractivity contribution in [1.82, 2.24) is 9.55 Å². The molecule has 1 aliphatic rings. The average molecular weight is 261 g/mol. The molecule has 0 saturated heterocycles. The van der Waals surface area contributed by atoms with Crippen LogP contribution in [0.15, 0.2) is 35.6 Å². The third-order valence-corrected chi connectivity index (χ3v) is 3.96. The quantitative estimate of drug-likeness (QED) is 0.616. The molecule has 0 bridgehead atoms. The van der Waals surface area contributed by atoms with Gasteiger partial charge in [-0.2, -0.15) is 0 Å². The molecule has 0 fully saturated rings. The van der Waals surface area contributed by atoms with Gasteiger partial charge in [-0.3, -0.25) is 10.1 Å². The molecule has 0 N–H and O–H groups in total. The van der Waals surface area contributed by atoms with E-state index in [1.165, 1.54) is 12.1 Å². The van der Waals surface area contributed by atoms with Crippen LogP contribution >= 0.6 is 11.8 Å². The van der Waals surface area contributed by atoms with Crippen LogP contribution in [-0.4, -0.2) is 19.7 Å². The number of aromatic nitrogens is 2. The smallest absolute Gasteiger partial charge is 0.269 e. The average Bonchev–Trinajstić information content (AvgIpc) is 2.86. The maximum absolute atomic E-state index is 10.6. The molecular formula is C12H11N3O2S. The molecule has 3 rings (SSSR count). The van der Waals surface area contributed by atoms with Crippen LogP contribution in [0.5, 0.6) is 0 Å². The van der Waals surface area contributed by atoms with E-state index < -0.39 is 4.92 Å². The van der Waals surface area contributed by atoms with Gasteiger partial charge in [-0.1, -0.05) is 18.7 Å². The van der Waals surface area contributed by atoms with Crippen molar-refractivity contribution in [2.75, 3.05) is 0 Å². The highest BCUT2D eigenvalue weighted by Gasteiger charge is 2.21. The number of hydrogen-bond acceptors (Lipinski definition) is 4. The van der Waals surface area contributed by atoms with Gasteiger partial charge in [0.2, 0.25) is 0 Å². The Morgan fingerprint density at radius 3 is 2.78 bits per heavy atom. The number of non-ortho nitro benzene ring substituents is 1. The molecule has 1 atom stereocenters. The minimum atomic E-state index is -0.394. The van der Waals surface area contributed by atoms with Crippen LogP contribution in [0.25, 0.3) is 11.3 Å². The molecule has 5 nitrogen and oxygen atoms in total. The van der Waals surface area contributed by atoms with Gasteiger partial charge in [0, 0.05) is 35.7 Å². The topological polar surface area (TPSA) is 61.0 Å².